The molecule has 0 radical (unpaired) electrons. The third-order valence-corrected chi connectivity index (χ3v) is 6.41. The standard InChI is InChI=1S/C18H22N2O3S/c1-2-24(22,23)20-12-6-9-15(13-20)18(21)19-17-11-5-8-14-7-3-4-10-16(14)17/h3-5,7-8,10-11,15H,2,6,9,12-13H2,1H3,(H,19,21)/t15-/m0/s1. The molecule has 0 aliphatic carbocycles. The van der Waals surface area contributed by atoms with E-state index in [1.807, 2.05) is 42.5 Å². The molecule has 6 heteroatoms. The Balaban J connectivity index is 1.77. The Morgan fingerprint density at radius 2 is 1.96 bits per heavy atom. The van der Waals surface area contributed by atoms with Gasteiger partial charge in [0.2, 0.25) is 15.9 Å². The van der Waals surface area contributed by atoms with Gasteiger partial charge in [-0.2, -0.15) is 0 Å². The Hall–Kier alpha value is -1.92. The lowest BCUT2D eigenvalue weighted by Gasteiger charge is -2.31. The van der Waals surface area contributed by atoms with Crippen LogP contribution in [-0.2, 0) is 14.8 Å². The molecule has 2 aromatic carbocycles. The van der Waals surface area contributed by atoms with Gasteiger partial charge in [0.1, 0.15) is 0 Å². The molecule has 1 saturated heterocycles. The molecule has 1 fully saturated rings. The summed E-state index contributed by atoms with van der Waals surface area (Å²) in [5, 5.41) is 5.04. The molecule has 5 nitrogen and oxygen atoms in total. The maximum Gasteiger partial charge on any atom is 0.228 e. The Morgan fingerprint density at radius 3 is 2.75 bits per heavy atom. The highest BCUT2D eigenvalue weighted by Gasteiger charge is 2.31. The van der Waals surface area contributed by atoms with Crippen LogP contribution >= 0.6 is 0 Å². The van der Waals surface area contributed by atoms with E-state index < -0.39 is 10.0 Å². The first kappa shape index (κ1) is 16.9. The lowest BCUT2D eigenvalue weighted by Crippen LogP contribution is -2.44. The van der Waals surface area contributed by atoms with Gasteiger partial charge < -0.3 is 5.32 Å². The summed E-state index contributed by atoms with van der Waals surface area (Å²) in [5.41, 5.74) is 0.772. The number of fused-ring (bicyclic) bond motifs is 1. The minimum Gasteiger partial charge on any atom is -0.325 e. The molecule has 0 spiro atoms. The summed E-state index contributed by atoms with van der Waals surface area (Å²) in [7, 11) is -3.24. The number of rotatable bonds is 4. The van der Waals surface area contributed by atoms with Crippen LogP contribution in [0.25, 0.3) is 10.8 Å². The van der Waals surface area contributed by atoms with Crippen molar-refractivity contribution in [3.8, 4) is 0 Å². The predicted molar refractivity (Wildman–Crippen MR) is 96.3 cm³/mol. The molecule has 0 bridgehead atoms. The van der Waals surface area contributed by atoms with Gasteiger partial charge in [0.05, 0.1) is 11.7 Å². The van der Waals surface area contributed by atoms with Gasteiger partial charge in [0, 0.05) is 24.2 Å². The summed E-state index contributed by atoms with van der Waals surface area (Å²) < 4.78 is 25.5. The fraction of sp³-hybridized carbons (Fsp3) is 0.389. The van der Waals surface area contributed by atoms with Crippen molar-refractivity contribution in [3.05, 3.63) is 42.5 Å². The van der Waals surface area contributed by atoms with Crippen LogP contribution in [0.1, 0.15) is 19.8 Å². The normalized spacial score (nSPS) is 19.3. The largest absolute Gasteiger partial charge is 0.325 e. The van der Waals surface area contributed by atoms with Crippen LogP contribution in [0.4, 0.5) is 5.69 Å². The molecule has 1 N–H and O–H groups in total. The average Bonchev–Trinajstić information content (AvgIpc) is 2.62. The fourth-order valence-electron chi connectivity index (χ4n) is 3.16. The number of carbonyl (C=O) groups excluding carboxylic acids is 1. The average molecular weight is 346 g/mol. The van der Waals surface area contributed by atoms with Gasteiger partial charge in [0.15, 0.2) is 0 Å². The maximum atomic E-state index is 12.6. The zero-order valence-electron chi connectivity index (χ0n) is 13.7. The van der Waals surface area contributed by atoms with Crippen LogP contribution in [0.5, 0.6) is 0 Å². The second-order valence-corrected chi connectivity index (χ2v) is 8.37. The van der Waals surface area contributed by atoms with Crippen molar-refractivity contribution in [2.45, 2.75) is 19.8 Å². The Kier molecular flexibility index (Phi) is 4.87. The van der Waals surface area contributed by atoms with Crippen LogP contribution in [-0.4, -0.2) is 37.5 Å². The van der Waals surface area contributed by atoms with Crippen molar-refractivity contribution >= 4 is 32.4 Å². The smallest absolute Gasteiger partial charge is 0.228 e. The molecule has 1 aliphatic rings. The lowest BCUT2D eigenvalue weighted by molar-refractivity contribution is -0.120. The number of benzene rings is 2. The van der Waals surface area contributed by atoms with Crippen LogP contribution in [0, 0.1) is 5.92 Å². The Morgan fingerprint density at radius 1 is 1.21 bits per heavy atom. The van der Waals surface area contributed by atoms with Gasteiger partial charge in [-0.1, -0.05) is 36.4 Å². The molecule has 1 amide bonds. The second-order valence-electron chi connectivity index (χ2n) is 6.11. The zero-order valence-corrected chi connectivity index (χ0v) is 14.6. The van der Waals surface area contributed by atoms with E-state index in [1.54, 1.807) is 6.92 Å². The van der Waals surface area contributed by atoms with Gasteiger partial charge in [0.25, 0.3) is 0 Å². The first-order valence-corrected chi connectivity index (χ1v) is 9.88. The van der Waals surface area contributed by atoms with E-state index in [1.165, 1.54) is 4.31 Å². The van der Waals surface area contributed by atoms with Crippen molar-refractivity contribution in [1.82, 2.24) is 4.31 Å². The predicted octanol–water partition coefficient (Wildman–Crippen LogP) is 2.84. The summed E-state index contributed by atoms with van der Waals surface area (Å²) in [4.78, 5) is 12.6. The van der Waals surface area contributed by atoms with Crippen LogP contribution in [0.3, 0.4) is 0 Å². The molecule has 1 aliphatic heterocycles. The summed E-state index contributed by atoms with van der Waals surface area (Å²) in [5.74, 6) is -0.341. The number of hydrogen-bond acceptors (Lipinski definition) is 3. The zero-order chi connectivity index (χ0) is 17.2. The highest BCUT2D eigenvalue weighted by Crippen LogP contribution is 2.25. The molecule has 1 heterocycles. The molecule has 1 atom stereocenters. The number of nitrogens with zero attached hydrogens (tertiary/aromatic N) is 1. The fourth-order valence-corrected chi connectivity index (χ4v) is 4.34. The summed E-state index contributed by atoms with van der Waals surface area (Å²) in [6.45, 7) is 2.41. The molecule has 0 aromatic heterocycles. The van der Waals surface area contributed by atoms with Gasteiger partial charge in [-0.05, 0) is 31.2 Å². The van der Waals surface area contributed by atoms with E-state index in [4.69, 9.17) is 0 Å². The number of anilines is 1. The van der Waals surface area contributed by atoms with Crippen LogP contribution in [0.2, 0.25) is 0 Å². The van der Waals surface area contributed by atoms with E-state index in [0.29, 0.717) is 19.4 Å². The monoisotopic (exact) mass is 346 g/mol. The molecular formula is C18H22N2O3S. The summed E-state index contributed by atoms with van der Waals surface area (Å²) >= 11 is 0. The maximum absolute atomic E-state index is 12.6. The van der Waals surface area contributed by atoms with E-state index in [0.717, 1.165) is 16.5 Å². The third kappa shape index (κ3) is 3.44. The SMILES string of the molecule is CCS(=O)(=O)N1CCC[C@H](C(=O)Nc2cccc3ccccc23)C1. The van der Waals surface area contributed by atoms with Crippen LogP contribution in [0.15, 0.2) is 42.5 Å². The molecule has 24 heavy (non-hydrogen) atoms. The van der Waals surface area contributed by atoms with Crippen molar-refractivity contribution < 1.29 is 13.2 Å². The van der Waals surface area contributed by atoms with Crippen molar-refractivity contribution in [2.75, 3.05) is 24.2 Å². The van der Waals surface area contributed by atoms with Gasteiger partial charge in [-0.15, -0.1) is 0 Å². The van der Waals surface area contributed by atoms with E-state index >= 15 is 0 Å². The second kappa shape index (κ2) is 6.91. The summed E-state index contributed by atoms with van der Waals surface area (Å²) in [6.07, 6.45) is 1.43. The van der Waals surface area contributed by atoms with Gasteiger partial charge in [-0.3, -0.25) is 4.79 Å². The molecular weight excluding hydrogens is 324 g/mol. The number of carbonyl (C=O) groups is 1. The molecule has 128 valence electrons. The Labute approximate surface area is 142 Å². The first-order chi connectivity index (χ1) is 11.5. The highest BCUT2D eigenvalue weighted by atomic mass is 32.2. The van der Waals surface area contributed by atoms with Gasteiger partial charge >= 0.3 is 0 Å². The molecule has 0 saturated carbocycles. The van der Waals surface area contributed by atoms with Crippen molar-refractivity contribution in [1.29, 1.82) is 0 Å². The third-order valence-electron chi connectivity index (χ3n) is 4.56. The number of sulfonamides is 1. The van der Waals surface area contributed by atoms with Crippen LogP contribution < -0.4 is 5.32 Å². The van der Waals surface area contributed by atoms with E-state index in [9.17, 15) is 13.2 Å². The lowest BCUT2D eigenvalue weighted by atomic mass is 9.98. The first-order valence-electron chi connectivity index (χ1n) is 8.27. The van der Waals surface area contributed by atoms with E-state index in [-0.39, 0.29) is 24.1 Å². The number of nitrogens with one attached hydrogen (secondary N) is 1. The van der Waals surface area contributed by atoms with Gasteiger partial charge in [-0.25, -0.2) is 12.7 Å². The van der Waals surface area contributed by atoms with Crippen molar-refractivity contribution in [3.63, 3.8) is 0 Å². The van der Waals surface area contributed by atoms with E-state index in [2.05, 4.69) is 5.32 Å². The molecule has 0 unspecified atom stereocenters. The minimum absolute atomic E-state index is 0.0741. The number of piperidine rings is 1. The Bertz CT molecular complexity index is 843. The van der Waals surface area contributed by atoms with Crippen molar-refractivity contribution in [2.24, 2.45) is 5.92 Å². The number of amides is 1. The topological polar surface area (TPSA) is 66.5 Å². The quantitative estimate of drug-likeness (QED) is 0.926. The minimum atomic E-state index is -3.24. The molecule has 2 aromatic rings. The summed E-state index contributed by atoms with van der Waals surface area (Å²) in [6, 6.07) is 13.7. The highest BCUT2D eigenvalue weighted by molar-refractivity contribution is 7.89. The molecule has 3 rings (SSSR count). The number of hydrogen-bond donors (Lipinski definition) is 1.